The predicted octanol–water partition coefficient (Wildman–Crippen LogP) is 2.14. The molecule has 0 bridgehead atoms. The maximum Gasteiger partial charge on any atom is 0.251 e. The quantitative estimate of drug-likeness (QED) is 0.863. The molecule has 1 heterocycles. The van der Waals surface area contributed by atoms with Crippen molar-refractivity contribution < 1.29 is 4.79 Å². The van der Waals surface area contributed by atoms with Crippen LogP contribution in [0.2, 0.25) is 0 Å². The molecule has 1 aromatic rings. The summed E-state index contributed by atoms with van der Waals surface area (Å²) in [4.78, 5) is 12.1. The average Bonchev–Trinajstić information content (AvgIpc) is 2.32. The topological polar surface area (TPSA) is 41.1 Å². The molecule has 3 nitrogen and oxygen atoms in total. The van der Waals surface area contributed by atoms with Crippen LogP contribution in [0.25, 0.3) is 0 Å². The number of halogens is 1. The Bertz CT molecular complexity index is 409. The van der Waals surface area contributed by atoms with Crippen LogP contribution in [0.15, 0.2) is 24.3 Å². The van der Waals surface area contributed by atoms with E-state index in [1.807, 2.05) is 31.2 Å². The minimum atomic E-state index is 0. The largest absolute Gasteiger partial charge is 0.348 e. The van der Waals surface area contributed by atoms with Crippen molar-refractivity contribution in [3.63, 3.8) is 0 Å². The maximum absolute atomic E-state index is 12.1. The van der Waals surface area contributed by atoms with Gasteiger partial charge in [-0.25, -0.2) is 0 Å². The van der Waals surface area contributed by atoms with Gasteiger partial charge in [-0.3, -0.25) is 4.79 Å². The summed E-state index contributed by atoms with van der Waals surface area (Å²) in [6.45, 7) is 6.10. The molecule has 4 heteroatoms. The first-order valence-corrected chi connectivity index (χ1v) is 6.25. The van der Waals surface area contributed by atoms with Crippen molar-refractivity contribution in [2.75, 3.05) is 13.1 Å². The van der Waals surface area contributed by atoms with Gasteiger partial charge in [0, 0.05) is 18.2 Å². The van der Waals surface area contributed by atoms with Crippen LogP contribution in [0.4, 0.5) is 0 Å². The third-order valence-corrected chi connectivity index (χ3v) is 3.53. The lowest BCUT2D eigenvalue weighted by Gasteiger charge is -2.30. The number of piperidine rings is 1. The molecular weight excluding hydrogens is 248 g/mol. The highest BCUT2D eigenvalue weighted by atomic mass is 35.5. The molecule has 0 spiro atoms. The number of benzene rings is 1. The summed E-state index contributed by atoms with van der Waals surface area (Å²) in [5, 5.41) is 6.45. The molecule has 0 aromatic heterocycles. The number of carbonyl (C=O) groups excluding carboxylic acids is 1. The predicted molar refractivity (Wildman–Crippen MR) is 76.3 cm³/mol. The van der Waals surface area contributed by atoms with E-state index in [2.05, 4.69) is 17.6 Å². The highest BCUT2D eigenvalue weighted by molar-refractivity contribution is 5.95. The highest BCUT2D eigenvalue weighted by Crippen LogP contribution is 2.13. The van der Waals surface area contributed by atoms with Gasteiger partial charge < -0.3 is 10.6 Å². The molecule has 2 unspecified atom stereocenters. The van der Waals surface area contributed by atoms with Crippen LogP contribution < -0.4 is 10.6 Å². The van der Waals surface area contributed by atoms with E-state index in [4.69, 9.17) is 0 Å². The van der Waals surface area contributed by atoms with E-state index in [1.165, 1.54) is 0 Å². The zero-order chi connectivity index (χ0) is 12.3. The summed E-state index contributed by atoms with van der Waals surface area (Å²) < 4.78 is 0. The first-order valence-electron chi connectivity index (χ1n) is 6.25. The molecule has 2 atom stereocenters. The third kappa shape index (κ3) is 3.47. The fraction of sp³-hybridized carbons (Fsp3) is 0.500. The van der Waals surface area contributed by atoms with Crippen LogP contribution in [-0.2, 0) is 0 Å². The summed E-state index contributed by atoms with van der Waals surface area (Å²) in [7, 11) is 0. The monoisotopic (exact) mass is 268 g/mol. The third-order valence-electron chi connectivity index (χ3n) is 3.53. The minimum Gasteiger partial charge on any atom is -0.348 e. The molecule has 1 saturated heterocycles. The standard InChI is InChI=1S/C14H20N2O.ClH/c1-10-5-3-4-6-12(10)14(17)16-13-9-15-8-7-11(13)2;/h3-6,11,13,15H,7-9H2,1-2H3,(H,16,17);1H. The Kier molecular flexibility index (Phi) is 5.63. The number of amides is 1. The number of hydrogen-bond donors (Lipinski definition) is 2. The molecule has 2 rings (SSSR count). The summed E-state index contributed by atoms with van der Waals surface area (Å²) in [5.74, 6) is 0.591. The number of hydrogen-bond acceptors (Lipinski definition) is 2. The molecule has 100 valence electrons. The van der Waals surface area contributed by atoms with Gasteiger partial charge in [-0.05, 0) is 37.4 Å². The van der Waals surface area contributed by atoms with Gasteiger partial charge in [-0.15, -0.1) is 12.4 Å². The second-order valence-corrected chi connectivity index (χ2v) is 4.86. The van der Waals surface area contributed by atoms with Crippen molar-refractivity contribution in [3.05, 3.63) is 35.4 Å². The second kappa shape index (κ2) is 6.76. The van der Waals surface area contributed by atoms with Crippen molar-refractivity contribution in [3.8, 4) is 0 Å². The van der Waals surface area contributed by atoms with Crippen molar-refractivity contribution in [1.82, 2.24) is 10.6 Å². The highest BCUT2D eigenvalue weighted by Gasteiger charge is 2.23. The van der Waals surface area contributed by atoms with E-state index in [1.54, 1.807) is 0 Å². The van der Waals surface area contributed by atoms with E-state index in [9.17, 15) is 4.79 Å². The second-order valence-electron chi connectivity index (χ2n) is 4.86. The Morgan fingerprint density at radius 1 is 1.39 bits per heavy atom. The molecule has 0 saturated carbocycles. The SMILES string of the molecule is Cc1ccccc1C(=O)NC1CNCCC1C.Cl. The Morgan fingerprint density at radius 3 is 2.78 bits per heavy atom. The van der Waals surface area contributed by atoms with Gasteiger partial charge in [-0.1, -0.05) is 25.1 Å². The van der Waals surface area contributed by atoms with E-state index >= 15 is 0 Å². The van der Waals surface area contributed by atoms with Crippen molar-refractivity contribution >= 4 is 18.3 Å². The summed E-state index contributed by atoms with van der Waals surface area (Å²) in [6.07, 6.45) is 1.12. The van der Waals surface area contributed by atoms with Crippen molar-refractivity contribution in [2.45, 2.75) is 26.3 Å². The van der Waals surface area contributed by atoms with Gasteiger partial charge in [0.2, 0.25) is 0 Å². The number of rotatable bonds is 2. The van der Waals surface area contributed by atoms with Crippen LogP contribution in [0.3, 0.4) is 0 Å². The lowest BCUT2D eigenvalue weighted by atomic mass is 9.94. The minimum absolute atomic E-state index is 0. The summed E-state index contributed by atoms with van der Waals surface area (Å²) in [5.41, 5.74) is 1.81. The molecule has 18 heavy (non-hydrogen) atoms. The molecule has 2 N–H and O–H groups in total. The van der Waals surface area contributed by atoms with E-state index in [0.717, 1.165) is 30.6 Å². The van der Waals surface area contributed by atoms with Gasteiger partial charge in [0.05, 0.1) is 0 Å². The number of carbonyl (C=O) groups is 1. The molecule has 0 aliphatic carbocycles. The van der Waals surface area contributed by atoms with Crippen LogP contribution in [0.5, 0.6) is 0 Å². The Hall–Kier alpha value is -1.06. The molecular formula is C14H21ClN2O. The fourth-order valence-corrected chi connectivity index (χ4v) is 2.26. The fourth-order valence-electron chi connectivity index (χ4n) is 2.26. The molecule has 1 amide bonds. The van der Waals surface area contributed by atoms with E-state index in [0.29, 0.717) is 5.92 Å². The molecule has 1 aromatic carbocycles. The molecule has 0 radical (unpaired) electrons. The van der Waals surface area contributed by atoms with Gasteiger partial charge in [0.1, 0.15) is 0 Å². The molecule has 1 aliphatic rings. The zero-order valence-corrected chi connectivity index (χ0v) is 11.7. The smallest absolute Gasteiger partial charge is 0.251 e. The summed E-state index contributed by atoms with van der Waals surface area (Å²) in [6, 6.07) is 7.96. The summed E-state index contributed by atoms with van der Waals surface area (Å²) >= 11 is 0. The van der Waals surface area contributed by atoms with Gasteiger partial charge in [0.25, 0.3) is 5.91 Å². The van der Waals surface area contributed by atoms with Crippen LogP contribution >= 0.6 is 12.4 Å². The Balaban J connectivity index is 0.00000162. The van der Waals surface area contributed by atoms with Crippen molar-refractivity contribution in [1.29, 1.82) is 0 Å². The lowest BCUT2D eigenvalue weighted by molar-refractivity contribution is 0.0914. The molecule has 1 aliphatic heterocycles. The Labute approximate surface area is 115 Å². The zero-order valence-electron chi connectivity index (χ0n) is 10.9. The molecule has 1 fully saturated rings. The number of nitrogens with one attached hydrogen (secondary N) is 2. The van der Waals surface area contributed by atoms with Crippen LogP contribution in [0.1, 0.15) is 29.3 Å². The van der Waals surface area contributed by atoms with Gasteiger partial charge >= 0.3 is 0 Å². The number of aryl methyl sites for hydroxylation is 1. The average molecular weight is 269 g/mol. The maximum atomic E-state index is 12.1. The first-order chi connectivity index (χ1) is 8.18. The van der Waals surface area contributed by atoms with E-state index < -0.39 is 0 Å². The van der Waals surface area contributed by atoms with Crippen molar-refractivity contribution in [2.24, 2.45) is 5.92 Å². The van der Waals surface area contributed by atoms with Crippen LogP contribution in [0, 0.1) is 12.8 Å². The van der Waals surface area contributed by atoms with E-state index in [-0.39, 0.29) is 24.4 Å². The Morgan fingerprint density at radius 2 is 2.11 bits per heavy atom. The van der Waals surface area contributed by atoms with Gasteiger partial charge in [-0.2, -0.15) is 0 Å². The normalized spacial score (nSPS) is 23.0. The van der Waals surface area contributed by atoms with Crippen LogP contribution in [-0.4, -0.2) is 25.0 Å². The first kappa shape index (κ1) is 15.0. The lowest BCUT2D eigenvalue weighted by Crippen LogP contribution is -2.50. The van der Waals surface area contributed by atoms with Gasteiger partial charge in [0.15, 0.2) is 0 Å².